The second-order valence-electron chi connectivity index (χ2n) is 7.18. The molecule has 1 N–H and O–H groups in total. The zero-order valence-corrected chi connectivity index (χ0v) is 16.4. The number of hydrogen-bond donors (Lipinski definition) is 2. The molecule has 0 radical (unpaired) electrons. The van der Waals surface area contributed by atoms with Crippen molar-refractivity contribution in [1.82, 2.24) is 9.62 Å². The Bertz CT molecular complexity index is 789. The number of nitrogens with one attached hydrogen (secondary N) is 1. The van der Waals surface area contributed by atoms with Crippen molar-refractivity contribution in [3.8, 4) is 0 Å². The highest BCUT2D eigenvalue weighted by Crippen LogP contribution is 2.31. The lowest BCUT2D eigenvalue weighted by molar-refractivity contribution is 0.0534. The van der Waals surface area contributed by atoms with Crippen molar-refractivity contribution in [3.05, 3.63) is 34.4 Å². The Labute approximate surface area is 154 Å². The third-order valence-corrected chi connectivity index (χ3v) is 4.92. The first-order chi connectivity index (χ1) is 12.0. The number of carbonyl (C=O) groups excluding carboxylic acids is 2. The van der Waals surface area contributed by atoms with Crippen LogP contribution in [0.3, 0.4) is 0 Å². The molecule has 2 rings (SSSR count). The zero-order chi connectivity index (χ0) is 19.6. The number of alkyl carbamates (subject to hydrolysis) is 1. The van der Waals surface area contributed by atoms with Crippen molar-refractivity contribution in [2.75, 3.05) is 13.7 Å². The van der Waals surface area contributed by atoms with Gasteiger partial charge in [0.1, 0.15) is 13.2 Å². The Morgan fingerprint density at radius 3 is 2.62 bits per heavy atom. The molecule has 1 aliphatic heterocycles. The van der Waals surface area contributed by atoms with Gasteiger partial charge in [-0.15, -0.1) is 0 Å². The lowest BCUT2D eigenvalue weighted by atomic mass is 9.94. The molecule has 1 amide bonds. The number of nitrogens with zero attached hydrogens (tertiary/aromatic N) is 1. The predicted octanol–water partition coefficient (Wildman–Crippen LogP) is 1.69. The number of cyclic esters (lactones) is 1. The molecule has 26 heavy (non-hydrogen) atoms. The summed E-state index contributed by atoms with van der Waals surface area (Å²) in [5.74, 6) is -0.393. The molecule has 0 spiro atoms. The van der Waals surface area contributed by atoms with Crippen LogP contribution in [0.5, 0.6) is 0 Å². The summed E-state index contributed by atoms with van der Waals surface area (Å²) in [4.78, 5) is 23.6. The number of rotatable bonds is 5. The van der Waals surface area contributed by atoms with Gasteiger partial charge in [-0.2, -0.15) is 4.31 Å². The maximum absolute atomic E-state index is 11.9. The van der Waals surface area contributed by atoms with Gasteiger partial charge in [0.2, 0.25) is 10.9 Å². The van der Waals surface area contributed by atoms with Crippen LogP contribution in [-0.4, -0.2) is 44.0 Å². The van der Waals surface area contributed by atoms with Gasteiger partial charge in [-0.1, -0.05) is 6.07 Å². The fraction of sp³-hybridized carbons (Fsp3) is 0.529. The van der Waals surface area contributed by atoms with Crippen LogP contribution >= 0.6 is 0 Å². The lowest BCUT2D eigenvalue weighted by Crippen LogP contribution is -2.42. The van der Waals surface area contributed by atoms with Gasteiger partial charge in [-0.3, -0.25) is 0 Å². The summed E-state index contributed by atoms with van der Waals surface area (Å²) in [5.41, 5.74) is 2.15. The Morgan fingerprint density at radius 2 is 2.04 bits per heavy atom. The first-order valence-corrected chi connectivity index (χ1v) is 9.26. The minimum absolute atomic E-state index is 0.152. The lowest BCUT2D eigenvalue weighted by Gasteiger charge is -2.26. The smallest absolute Gasteiger partial charge is 0.407 e. The number of thiol groups is 1. The molecular weight excluding hydrogens is 360 g/mol. The molecule has 9 heteroatoms. The van der Waals surface area contributed by atoms with Gasteiger partial charge in [-0.05, 0) is 44.9 Å². The standard InChI is InChI=1S/C17H24N2O6S/c1-10-11(6-7-12-13(10)8-24-15(12)20)14(19(5)26(22)23)9-25-16(21)18-17(2,3)4/h6-7,14,26H,8-9H2,1-5H3,(H,18,21)/t14-/m0/s1. The number of carbonyl (C=O) groups is 2. The van der Waals surface area contributed by atoms with E-state index >= 15 is 0 Å². The Kier molecular flexibility index (Phi) is 5.92. The summed E-state index contributed by atoms with van der Waals surface area (Å²) >= 11 is 0. The average molecular weight is 384 g/mol. The normalized spacial score (nSPS) is 15.0. The number of amides is 1. The molecule has 1 aliphatic rings. The maximum atomic E-state index is 11.9. The van der Waals surface area contributed by atoms with E-state index in [4.69, 9.17) is 9.47 Å². The molecule has 1 aromatic carbocycles. The fourth-order valence-electron chi connectivity index (χ4n) is 2.74. The van der Waals surface area contributed by atoms with Crippen LogP contribution in [0.15, 0.2) is 12.1 Å². The van der Waals surface area contributed by atoms with Gasteiger partial charge < -0.3 is 14.8 Å². The average Bonchev–Trinajstić information content (AvgIpc) is 2.89. The minimum atomic E-state index is -2.89. The third-order valence-electron chi connectivity index (χ3n) is 4.12. The number of hydrogen-bond acceptors (Lipinski definition) is 6. The Morgan fingerprint density at radius 1 is 1.38 bits per heavy atom. The quantitative estimate of drug-likeness (QED) is 0.592. The Balaban J connectivity index is 2.29. The molecule has 1 heterocycles. The number of likely N-dealkylation sites (N-methyl/N-ethyl adjacent to an activating group) is 1. The topological polar surface area (TPSA) is 102 Å². The van der Waals surface area contributed by atoms with Crippen molar-refractivity contribution in [2.45, 2.75) is 45.9 Å². The first kappa shape index (κ1) is 20.2. The minimum Gasteiger partial charge on any atom is -0.457 e. The summed E-state index contributed by atoms with van der Waals surface area (Å²) in [6.07, 6.45) is -0.630. The highest BCUT2D eigenvalue weighted by molar-refractivity contribution is 7.69. The second kappa shape index (κ2) is 7.63. The number of benzene rings is 1. The molecule has 0 unspecified atom stereocenters. The van der Waals surface area contributed by atoms with Gasteiger partial charge in [0.15, 0.2) is 0 Å². The van der Waals surface area contributed by atoms with Crippen LogP contribution in [0.4, 0.5) is 4.79 Å². The summed E-state index contributed by atoms with van der Waals surface area (Å²) in [5, 5.41) is 2.66. The summed E-state index contributed by atoms with van der Waals surface area (Å²) in [6, 6.07) is 2.58. The van der Waals surface area contributed by atoms with Crippen molar-refractivity contribution in [1.29, 1.82) is 0 Å². The van der Waals surface area contributed by atoms with E-state index in [0.717, 1.165) is 15.4 Å². The van der Waals surface area contributed by atoms with Crippen molar-refractivity contribution in [3.63, 3.8) is 0 Å². The fourth-order valence-corrected chi connectivity index (χ4v) is 3.16. The molecular formula is C17H24N2O6S. The zero-order valence-electron chi connectivity index (χ0n) is 15.5. The van der Waals surface area contributed by atoms with Crippen molar-refractivity contribution < 1.29 is 27.5 Å². The highest BCUT2D eigenvalue weighted by Gasteiger charge is 2.29. The van der Waals surface area contributed by atoms with Crippen LogP contribution in [0.25, 0.3) is 0 Å². The molecule has 1 aromatic rings. The highest BCUT2D eigenvalue weighted by atomic mass is 32.2. The summed E-state index contributed by atoms with van der Waals surface area (Å²) < 4.78 is 34.4. The van der Waals surface area contributed by atoms with Gasteiger partial charge in [0.05, 0.1) is 11.6 Å². The van der Waals surface area contributed by atoms with E-state index in [9.17, 15) is 18.0 Å². The molecule has 0 aliphatic carbocycles. The molecule has 144 valence electrons. The van der Waals surface area contributed by atoms with Crippen LogP contribution < -0.4 is 5.32 Å². The van der Waals surface area contributed by atoms with E-state index in [1.807, 2.05) is 20.8 Å². The van der Waals surface area contributed by atoms with E-state index in [0.29, 0.717) is 11.1 Å². The van der Waals surface area contributed by atoms with E-state index in [1.54, 1.807) is 19.1 Å². The van der Waals surface area contributed by atoms with Gasteiger partial charge in [-0.25, -0.2) is 18.0 Å². The van der Waals surface area contributed by atoms with Crippen LogP contribution in [-0.2, 0) is 27.0 Å². The largest absolute Gasteiger partial charge is 0.457 e. The van der Waals surface area contributed by atoms with Gasteiger partial charge in [0, 0.05) is 18.2 Å². The first-order valence-electron chi connectivity index (χ1n) is 8.13. The molecule has 0 saturated heterocycles. The van der Waals surface area contributed by atoms with Gasteiger partial charge in [0.25, 0.3) is 0 Å². The summed E-state index contributed by atoms with van der Waals surface area (Å²) in [7, 11) is -1.47. The number of fused-ring (bicyclic) bond motifs is 1. The van der Waals surface area contributed by atoms with Crippen LogP contribution in [0, 0.1) is 6.92 Å². The molecule has 0 saturated carbocycles. The monoisotopic (exact) mass is 384 g/mol. The molecule has 8 nitrogen and oxygen atoms in total. The second-order valence-corrected chi connectivity index (χ2v) is 8.29. The van der Waals surface area contributed by atoms with Crippen LogP contribution in [0.2, 0.25) is 0 Å². The Hall–Kier alpha value is -2.13. The van der Waals surface area contributed by atoms with E-state index in [-0.39, 0.29) is 13.2 Å². The van der Waals surface area contributed by atoms with E-state index in [2.05, 4.69) is 5.32 Å². The molecule has 0 bridgehead atoms. The van der Waals surface area contributed by atoms with Crippen molar-refractivity contribution >= 4 is 23.0 Å². The SMILES string of the molecule is Cc1c([C@H](COC(=O)NC(C)(C)C)N(C)[SH](=O)=O)ccc2c1COC2=O. The molecule has 1 atom stereocenters. The van der Waals surface area contributed by atoms with Crippen LogP contribution in [0.1, 0.15) is 53.9 Å². The predicted molar refractivity (Wildman–Crippen MR) is 95.4 cm³/mol. The third kappa shape index (κ3) is 4.53. The van der Waals surface area contributed by atoms with Gasteiger partial charge >= 0.3 is 12.1 Å². The summed E-state index contributed by atoms with van der Waals surface area (Å²) in [6.45, 7) is 7.23. The van der Waals surface area contributed by atoms with E-state index in [1.165, 1.54) is 7.05 Å². The number of esters is 1. The number of ether oxygens (including phenoxy) is 2. The van der Waals surface area contributed by atoms with Crippen molar-refractivity contribution in [2.24, 2.45) is 0 Å². The molecule has 0 fully saturated rings. The van der Waals surface area contributed by atoms with E-state index < -0.39 is 34.5 Å². The maximum Gasteiger partial charge on any atom is 0.407 e. The molecule has 0 aromatic heterocycles.